The van der Waals surface area contributed by atoms with Gasteiger partial charge < -0.3 is 15.0 Å². The Morgan fingerprint density at radius 2 is 2.06 bits per heavy atom. The zero-order chi connectivity index (χ0) is 23.9. The van der Waals surface area contributed by atoms with E-state index in [-0.39, 0.29) is 23.9 Å². The van der Waals surface area contributed by atoms with Crippen molar-refractivity contribution in [3.05, 3.63) is 29.8 Å². The fourth-order valence-electron chi connectivity index (χ4n) is 3.92. The highest BCUT2D eigenvalue weighted by Crippen LogP contribution is 2.33. The zero-order valence-electron chi connectivity index (χ0n) is 19.3. The van der Waals surface area contributed by atoms with Crippen LogP contribution in [-0.4, -0.2) is 55.9 Å². The van der Waals surface area contributed by atoms with Gasteiger partial charge in [0.25, 0.3) is 0 Å². The van der Waals surface area contributed by atoms with Gasteiger partial charge in [0.2, 0.25) is 11.7 Å². The molecule has 1 aliphatic rings. The molecule has 1 amide bonds. The molecule has 1 N–H and O–H groups in total. The van der Waals surface area contributed by atoms with Gasteiger partial charge in [0.05, 0.1) is 23.1 Å². The van der Waals surface area contributed by atoms with E-state index in [1.165, 1.54) is 11.6 Å². The van der Waals surface area contributed by atoms with E-state index in [0.29, 0.717) is 29.4 Å². The summed E-state index contributed by atoms with van der Waals surface area (Å²) >= 11 is 0. The highest BCUT2D eigenvalue weighted by Gasteiger charge is 2.31. The number of nitrogens with zero attached hydrogens (tertiary/aromatic N) is 6. The van der Waals surface area contributed by atoms with Crippen LogP contribution in [0.1, 0.15) is 45.6 Å². The van der Waals surface area contributed by atoms with Gasteiger partial charge in [0.1, 0.15) is 5.82 Å². The van der Waals surface area contributed by atoms with Gasteiger partial charge in [0.15, 0.2) is 11.6 Å². The summed E-state index contributed by atoms with van der Waals surface area (Å²) in [5, 5.41) is 8.11. The first kappa shape index (κ1) is 23.0. The van der Waals surface area contributed by atoms with Gasteiger partial charge in [0, 0.05) is 51.0 Å². The average Bonchev–Trinajstić information content (AvgIpc) is 3.30. The number of fused-ring (bicyclic) bond motifs is 1. The van der Waals surface area contributed by atoms with Crippen molar-refractivity contribution in [1.29, 1.82) is 0 Å². The molecule has 1 saturated heterocycles. The van der Waals surface area contributed by atoms with E-state index in [4.69, 9.17) is 9.84 Å². The van der Waals surface area contributed by atoms with E-state index in [0.717, 1.165) is 25.3 Å². The number of aromatic nitrogens is 5. The molecule has 4 heterocycles. The third-order valence-corrected chi connectivity index (χ3v) is 5.21. The zero-order valence-corrected chi connectivity index (χ0v) is 19.3. The Morgan fingerprint density at radius 1 is 1.30 bits per heavy atom. The second kappa shape index (κ2) is 8.62. The topological polar surface area (TPSA) is 98.1 Å². The number of carbonyl (C=O) groups excluding carboxylic acids is 1. The summed E-state index contributed by atoms with van der Waals surface area (Å²) in [6, 6.07) is 3.26. The molecule has 0 aromatic carbocycles. The SMILES string of the molecule is CC(=O)Nc1cc2c(cn1)c(N1CCC(OC(C)C)C1)nn2-c1cc(C)nc(C(C)(F)F)n1. The normalized spacial score (nSPS) is 16.7. The van der Waals surface area contributed by atoms with Crippen LogP contribution >= 0.6 is 0 Å². The monoisotopic (exact) mass is 459 g/mol. The summed E-state index contributed by atoms with van der Waals surface area (Å²) < 4.78 is 35.5. The predicted octanol–water partition coefficient (Wildman–Crippen LogP) is 3.59. The van der Waals surface area contributed by atoms with E-state index in [2.05, 4.69) is 25.2 Å². The minimum atomic E-state index is -3.20. The molecule has 3 aromatic heterocycles. The quantitative estimate of drug-likeness (QED) is 0.602. The van der Waals surface area contributed by atoms with Gasteiger partial charge in [-0.2, -0.15) is 8.78 Å². The molecule has 176 valence electrons. The Hall–Kier alpha value is -3.21. The largest absolute Gasteiger partial charge is 0.374 e. The number of aryl methyl sites for hydroxylation is 1. The minimum absolute atomic E-state index is 0.0727. The molecule has 0 bridgehead atoms. The molecule has 3 aromatic rings. The second-order valence-electron chi connectivity index (χ2n) is 8.62. The highest BCUT2D eigenvalue weighted by molar-refractivity contribution is 5.95. The number of halogens is 2. The van der Waals surface area contributed by atoms with Gasteiger partial charge in [-0.05, 0) is 27.2 Å². The summed E-state index contributed by atoms with van der Waals surface area (Å²) in [5.41, 5.74) is 0.977. The van der Waals surface area contributed by atoms with Crippen molar-refractivity contribution in [2.75, 3.05) is 23.3 Å². The number of nitrogens with one attached hydrogen (secondary N) is 1. The van der Waals surface area contributed by atoms with Crippen molar-refractivity contribution in [2.24, 2.45) is 0 Å². The Balaban J connectivity index is 1.84. The molecule has 1 unspecified atom stereocenters. The Labute approximate surface area is 190 Å². The lowest BCUT2D eigenvalue weighted by atomic mass is 10.3. The van der Waals surface area contributed by atoms with Gasteiger partial charge in [-0.25, -0.2) is 19.6 Å². The molecule has 1 atom stereocenters. The smallest absolute Gasteiger partial charge is 0.303 e. The lowest BCUT2D eigenvalue weighted by molar-refractivity contribution is -0.114. The van der Waals surface area contributed by atoms with Gasteiger partial charge in [-0.15, -0.1) is 5.10 Å². The van der Waals surface area contributed by atoms with E-state index in [1.54, 1.807) is 25.3 Å². The maximum atomic E-state index is 14.0. The number of anilines is 2. The molecule has 0 aliphatic carbocycles. The van der Waals surface area contributed by atoms with Crippen LogP contribution in [0.5, 0.6) is 0 Å². The Kier molecular flexibility index (Phi) is 6.00. The number of carbonyl (C=O) groups is 1. The molecule has 1 aliphatic heterocycles. The minimum Gasteiger partial charge on any atom is -0.374 e. The number of ether oxygens (including phenoxy) is 1. The van der Waals surface area contributed by atoms with Gasteiger partial charge in [-0.3, -0.25) is 4.79 Å². The van der Waals surface area contributed by atoms with E-state index in [1.807, 2.05) is 13.8 Å². The molecular weight excluding hydrogens is 432 g/mol. The average molecular weight is 460 g/mol. The molecule has 11 heteroatoms. The van der Waals surface area contributed by atoms with E-state index < -0.39 is 11.7 Å². The van der Waals surface area contributed by atoms with Gasteiger partial charge >= 0.3 is 5.92 Å². The number of hydrogen-bond donors (Lipinski definition) is 1. The lowest BCUT2D eigenvalue weighted by Crippen LogP contribution is -2.25. The summed E-state index contributed by atoms with van der Waals surface area (Å²) in [7, 11) is 0. The van der Waals surface area contributed by atoms with Crippen LogP contribution in [0.3, 0.4) is 0 Å². The van der Waals surface area contributed by atoms with E-state index in [9.17, 15) is 13.6 Å². The molecule has 9 nitrogen and oxygen atoms in total. The first-order valence-electron chi connectivity index (χ1n) is 10.8. The second-order valence-corrected chi connectivity index (χ2v) is 8.62. The number of amides is 1. The van der Waals surface area contributed by atoms with Gasteiger partial charge in [-0.1, -0.05) is 0 Å². The maximum Gasteiger partial charge on any atom is 0.303 e. The molecule has 33 heavy (non-hydrogen) atoms. The Bertz CT molecular complexity index is 1190. The fourth-order valence-corrected chi connectivity index (χ4v) is 3.92. The number of hydrogen-bond acceptors (Lipinski definition) is 7. The fraction of sp³-hybridized carbons (Fsp3) is 0.500. The van der Waals surface area contributed by atoms with E-state index >= 15 is 0 Å². The lowest BCUT2D eigenvalue weighted by Gasteiger charge is -2.17. The van der Waals surface area contributed by atoms with Crippen LogP contribution in [0.4, 0.5) is 20.4 Å². The number of rotatable bonds is 6. The van der Waals surface area contributed by atoms with Crippen molar-refractivity contribution in [3.63, 3.8) is 0 Å². The number of pyridine rings is 1. The predicted molar refractivity (Wildman–Crippen MR) is 120 cm³/mol. The van der Waals surface area contributed by atoms with Crippen molar-refractivity contribution in [1.82, 2.24) is 24.7 Å². The summed E-state index contributed by atoms with van der Waals surface area (Å²) in [6.07, 6.45) is 2.66. The molecule has 1 fully saturated rings. The van der Waals surface area contributed by atoms with Crippen LogP contribution in [-0.2, 0) is 15.5 Å². The first-order valence-corrected chi connectivity index (χ1v) is 10.8. The van der Waals surface area contributed by atoms with Crippen LogP contribution in [0, 0.1) is 6.92 Å². The van der Waals surface area contributed by atoms with Crippen LogP contribution in [0.15, 0.2) is 18.3 Å². The van der Waals surface area contributed by atoms with Crippen LogP contribution in [0.2, 0.25) is 0 Å². The molecular formula is C22H27F2N7O2. The maximum absolute atomic E-state index is 14.0. The van der Waals surface area contributed by atoms with Crippen molar-refractivity contribution in [3.8, 4) is 5.82 Å². The molecule has 4 rings (SSSR count). The van der Waals surface area contributed by atoms with Crippen molar-refractivity contribution < 1.29 is 18.3 Å². The third-order valence-electron chi connectivity index (χ3n) is 5.21. The third kappa shape index (κ3) is 4.92. The summed E-state index contributed by atoms with van der Waals surface area (Å²) in [4.78, 5) is 26.0. The Morgan fingerprint density at radius 3 is 2.73 bits per heavy atom. The molecule has 0 radical (unpaired) electrons. The van der Waals surface area contributed by atoms with Crippen molar-refractivity contribution >= 4 is 28.4 Å². The summed E-state index contributed by atoms with van der Waals surface area (Å²) in [6.45, 7) is 9.16. The first-order chi connectivity index (χ1) is 15.5. The van der Waals surface area contributed by atoms with Crippen LogP contribution in [0.25, 0.3) is 16.7 Å². The number of alkyl halides is 2. The highest BCUT2D eigenvalue weighted by atomic mass is 19.3. The standard InChI is InChI=1S/C22H27F2N7O2/c1-12(2)33-15-6-7-30(11-15)20-16-10-25-18(27-14(4)32)9-17(16)31(29-20)19-8-13(3)26-21(28-19)22(5,23)24/h8-10,12,15H,6-7,11H2,1-5H3,(H,25,27,32). The van der Waals surface area contributed by atoms with Crippen LogP contribution < -0.4 is 10.2 Å². The summed E-state index contributed by atoms with van der Waals surface area (Å²) in [5.74, 6) is -2.85. The van der Waals surface area contributed by atoms with Crippen molar-refractivity contribution in [2.45, 2.75) is 59.2 Å². The molecule has 0 saturated carbocycles. The molecule has 0 spiro atoms.